The molecular weight excluding hydrogens is 358 g/mol. The van der Waals surface area contributed by atoms with Gasteiger partial charge in [-0.3, -0.25) is 4.79 Å². The Hall–Kier alpha value is -1.36. The molecule has 1 amide bonds. The van der Waals surface area contributed by atoms with Gasteiger partial charge in [0.25, 0.3) is 5.91 Å². The molecule has 0 aliphatic rings. The van der Waals surface area contributed by atoms with Gasteiger partial charge in [-0.2, -0.15) is 0 Å². The fourth-order valence-corrected chi connectivity index (χ4v) is 3.25. The lowest BCUT2D eigenvalue weighted by atomic mass is 10.2. The summed E-state index contributed by atoms with van der Waals surface area (Å²) in [6.45, 7) is 0. The van der Waals surface area contributed by atoms with Crippen molar-refractivity contribution in [2.24, 2.45) is 0 Å². The summed E-state index contributed by atoms with van der Waals surface area (Å²) in [6.07, 6.45) is 0. The average Bonchev–Trinajstić information content (AvgIpc) is 2.89. The zero-order chi connectivity index (χ0) is 14.1. The van der Waals surface area contributed by atoms with Crippen LogP contribution in [0.15, 0.2) is 52.3 Å². The standard InChI is InChI=1S/C15H9BrClNOS/c16-10-1-3-13(17)12(8-10)15(19)18-11-2-4-14-9(7-11)5-6-20-14/h1-8H,(H,18,19). The third-order valence-electron chi connectivity index (χ3n) is 2.88. The van der Waals surface area contributed by atoms with E-state index in [4.69, 9.17) is 11.6 Å². The van der Waals surface area contributed by atoms with Crippen molar-refractivity contribution in [2.75, 3.05) is 5.32 Å². The monoisotopic (exact) mass is 365 g/mol. The van der Waals surface area contributed by atoms with Crippen molar-refractivity contribution < 1.29 is 4.79 Å². The molecule has 0 saturated carbocycles. The molecule has 0 bridgehead atoms. The van der Waals surface area contributed by atoms with Crippen LogP contribution in [0, 0.1) is 0 Å². The SMILES string of the molecule is O=C(Nc1ccc2sccc2c1)c1cc(Br)ccc1Cl. The van der Waals surface area contributed by atoms with Crippen LogP contribution in [-0.4, -0.2) is 5.91 Å². The van der Waals surface area contributed by atoms with E-state index < -0.39 is 0 Å². The molecule has 0 aliphatic heterocycles. The number of amides is 1. The van der Waals surface area contributed by atoms with E-state index in [-0.39, 0.29) is 5.91 Å². The summed E-state index contributed by atoms with van der Waals surface area (Å²) >= 11 is 11.1. The molecule has 2 nitrogen and oxygen atoms in total. The van der Waals surface area contributed by atoms with Gasteiger partial charge in [0.2, 0.25) is 0 Å². The Balaban J connectivity index is 1.89. The summed E-state index contributed by atoms with van der Waals surface area (Å²) in [6, 6.07) is 13.1. The van der Waals surface area contributed by atoms with Crippen molar-refractivity contribution in [3.05, 3.63) is 62.9 Å². The first-order chi connectivity index (χ1) is 9.63. The second kappa shape index (κ2) is 5.56. The number of carbonyl (C=O) groups excluding carboxylic acids is 1. The summed E-state index contributed by atoms with van der Waals surface area (Å²) in [5.74, 6) is -0.217. The Kier molecular flexibility index (Phi) is 3.78. The molecule has 5 heteroatoms. The lowest BCUT2D eigenvalue weighted by Crippen LogP contribution is -2.12. The van der Waals surface area contributed by atoms with Gasteiger partial charge in [-0.25, -0.2) is 0 Å². The summed E-state index contributed by atoms with van der Waals surface area (Å²) < 4.78 is 2.02. The molecule has 1 heterocycles. The molecule has 0 radical (unpaired) electrons. The number of hydrogen-bond acceptors (Lipinski definition) is 2. The van der Waals surface area contributed by atoms with Crippen LogP contribution in [0.3, 0.4) is 0 Å². The molecule has 0 spiro atoms. The van der Waals surface area contributed by atoms with Crippen molar-refractivity contribution in [1.82, 2.24) is 0 Å². The van der Waals surface area contributed by atoms with Crippen molar-refractivity contribution in [1.29, 1.82) is 0 Å². The van der Waals surface area contributed by atoms with Crippen LogP contribution >= 0.6 is 38.9 Å². The third-order valence-corrected chi connectivity index (χ3v) is 4.60. The maximum atomic E-state index is 12.2. The summed E-state index contributed by atoms with van der Waals surface area (Å²) in [4.78, 5) is 12.2. The average molecular weight is 367 g/mol. The molecule has 0 fully saturated rings. The quantitative estimate of drug-likeness (QED) is 0.631. The molecule has 1 aromatic heterocycles. The van der Waals surface area contributed by atoms with E-state index in [1.807, 2.05) is 29.6 Å². The number of rotatable bonds is 2. The van der Waals surface area contributed by atoms with Gasteiger partial charge in [0, 0.05) is 14.9 Å². The van der Waals surface area contributed by atoms with Crippen LogP contribution in [0.1, 0.15) is 10.4 Å². The highest BCUT2D eigenvalue weighted by atomic mass is 79.9. The highest BCUT2D eigenvalue weighted by Crippen LogP contribution is 2.26. The Morgan fingerprint density at radius 2 is 2.00 bits per heavy atom. The zero-order valence-corrected chi connectivity index (χ0v) is 13.3. The van der Waals surface area contributed by atoms with Crippen LogP contribution in [-0.2, 0) is 0 Å². The van der Waals surface area contributed by atoms with Gasteiger partial charge in [0.1, 0.15) is 0 Å². The number of nitrogens with one attached hydrogen (secondary N) is 1. The van der Waals surface area contributed by atoms with Gasteiger partial charge in [-0.15, -0.1) is 11.3 Å². The number of thiophene rings is 1. The van der Waals surface area contributed by atoms with Gasteiger partial charge >= 0.3 is 0 Å². The van der Waals surface area contributed by atoms with Gasteiger partial charge in [0.05, 0.1) is 10.6 Å². The van der Waals surface area contributed by atoms with E-state index in [1.165, 1.54) is 4.70 Å². The number of fused-ring (bicyclic) bond motifs is 1. The summed E-state index contributed by atoms with van der Waals surface area (Å²) in [5, 5.41) is 6.45. The van der Waals surface area contributed by atoms with E-state index in [0.717, 1.165) is 15.5 Å². The van der Waals surface area contributed by atoms with Crippen molar-refractivity contribution in [3.63, 3.8) is 0 Å². The molecule has 0 aliphatic carbocycles. The van der Waals surface area contributed by atoms with Crippen molar-refractivity contribution in [3.8, 4) is 0 Å². The maximum Gasteiger partial charge on any atom is 0.257 e. The summed E-state index contributed by atoms with van der Waals surface area (Å²) in [5.41, 5.74) is 1.21. The Morgan fingerprint density at radius 1 is 1.15 bits per heavy atom. The molecular formula is C15H9BrClNOS. The fraction of sp³-hybridized carbons (Fsp3) is 0. The molecule has 3 rings (SSSR count). The number of benzene rings is 2. The number of anilines is 1. The molecule has 20 heavy (non-hydrogen) atoms. The lowest BCUT2D eigenvalue weighted by molar-refractivity contribution is 0.102. The second-order valence-corrected chi connectivity index (χ2v) is 6.52. The predicted molar refractivity (Wildman–Crippen MR) is 88.9 cm³/mol. The minimum Gasteiger partial charge on any atom is -0.322 e. The Labute approximate surface area is 133 Å². The number of hydrogen-bond donors (Lipinski definition) is 1. The minimum atomic E-state index is -0.217. The molecule has 0 unspecified atom stereocenters. The first-order valence-corrected chi connectivity index (χ1v) is 7.92. The molecule has 0 saturated heterocycles. The smallest absolute Gasteiger partial charge is 0.257 e. The van der Waals surface area contributed by atoms with Gasteiger partial charge in [-0.1, -0.05) is 27.5 Å². The molecule has 2 aromatic carbocycles. The topological polar surface area (TPSA) is 29.1 Å². The van der Waals surface area contributed by atoms with Crippen molar-refractivity contribution in [2.45, 2.75) is 0 Å². The van der Waals surface area contributed by atoms with E-state index in [0.29, 0.717) is 10.6 Å². The number of halogens is 2. The van der Waals surface area contributed by atoms with E-state index in [1.54, 1.807) is 29.5 Å². The molecule has 100 valence electrons. The predicted octanol–water partition coefficient (Wildman–Crippen LogP) is 5.57. The molecule has 3 aromatic rings. The van der Waals surface area contributed by atoms with Crippen LogP contribution < -0.4 is 5.32 Å². The van der Waals surface area contributed by atoms with Gasteiger partial charge in [0.15, 0.2) is 0 Å². The first kappa shape index (κ1) is 13.6. The van der Waals surface area contributed by atoms with E-state index >= 15 is 0 Å². The highest BCUT2D eigenvalue weighted by molar-refractivity contribution is 9.10. The van der Waals surface area contributed by atoms with E-state index in [2.05, 4.69) is 21.2 Å². The van der Waals surface area contributed by atoms with Crippen LogP contribution in [0.2, 0.25) is 5.02 Å². The lowest BCUT2D eigenvalue weighted by Gasteiger charge is -2.07. The highest BCUT2D eigenvalue weighted by Gasteiger charge is 2.11. The van der Waals surface area contributed by atoms with Gasteiger partial charge < -0.3 is 5.32 Å². The fourth-order valence-electron chi connectivity index (χ4n) is 1.91. The number of carbonyl (C=O) groups is 1. The van der Waals surface area contributed by atoms with Crippen LogP contribution in [0.4, 0.5) is 5.69 Å². The van der Waals surface area contributed by atoms with E-state index in [9.17, 15) is 4.79 Å². The minimum absolute atomic E-state index is 0.217. The zero-order valence-electron chi connectivity index (χ0n) is 10.2. The Morgan fingerprint density at radius 3 is 2.85 bits per heavy atom. The van der Waals surface area contributed by atoms with Crippen LogP contribution in [0.5, 0.6) is 0 Å². The van der Waals surface area contributed by atoms with Crippen LogP contribution in [0.25, 0.3) is 10.1 Å². The first-order valence-electron chi connectivity index (χ1n) is 5.87. The largest absolute Gasteiger partial charge is 0.322 e. The molecule has 0 atom stereocenters. The van der Waals surface area contributed by atoms with Crippen molar-refractivity contribution >= 4 is 60.5 Å². The third kappa shape index (κ3) is 2.73. The molecule has 1 N–H and O–H groups in total. The maximum absolute atomic E-state index is 12.2. The second-order valence-electron chi connectivity index (χ2n) is 4.25. The summed E-state index contributed by atoms with van der Waals surface area (Å²) in [7, 11) is 0. The van der Waals surface area contributed by atoms with Gasteiger partial charge in [-0.05, 0) is 53.2 Å². The normalized spacial score (nSPS) is 10.7. The Bertz CT molecular complexity index is 799.